The maximum Gasteiger partial charge on any atom is 0.153 e. The lowest BCUT2D eigenvalue weighted by atomic mass is 9.59. The number of piperidine rings is 1. The van der Waals surface area contributed by atoms with Crippen molar-refractivity contribution in [1.29, 1.82) is 0 Å². The number of benzene rings is 3. The van der Waals surface area contributed by atoms with Crippen LogP contribution in [0, 0.1) is 5.41 Å². The Morgan fingerprint density at radius 3 is 2.56 bits per heavy atom. The number of aromatic nitrogens is 2. The Kier molecular flexibility index (Phi) is 9.15. The van der Waals surface area contributed by atoms with Crippen molar-refractivity contribution in [2.24, 2.45) is 5.41 Å². The van der Waals surface area contributed by atoms with Crippen molar-refractivity contribution in [1.82, 2.24) is 19.8 Å². The number of aromatic amines is 1. The molecule has 8 heteroatoms. The standard InChI is InChI=1S/C42H46ClN5O2/c1-29(2)37-5-3-4-6-38(37)39-27-46(26-30-7-10-33(43)11-8-30)19-20-48(39)35-23-42(24-35)14-17-47(18-15-42)34-12-9-32(28-49)40(22-34)50-36-21-31-13-16-44-41(31)45-25-36/h3-13,16,21-22,25,28-29,35,39H,14-15,17-20,23-24,26-27H2,1-2H3,(H,44,45). The van der Waals surface area contributed by atoms with Gasteiger partial charge in [0, 0.05) is 79.7 Å². The summed E-state index contributed by atoms with van der Waals surface area (Å²) in [5.41, 5.74) is 7.17. The zero-order valence-electron chi connectivity index (χ0n) is 29.0. The topological polar surface area (TPSA) is 64.7 Å². The van der Waals surface area contributed by atoms with Gasteiger partial charge in [0.2, 0.25) is 0 Å². The van der Waals surface area contributed by atoms with Crippen molar-refractivity contribution in [2.45, 2.75) is 64.1 Å². The highest BCUT2D eigenvalue weighted by atomic mass is 35.5. The lowest BCUT2D eigenvalue weighted by molar-refractivity contribution is -0.0628. The normalized spacial score (nSPS) is 20.0. The zero-order valence-corrected chi connectivity index (χ0v) is 29.8. The molecule has 7 nitrogen and oxygen atoms in total. The first kappa shape index (κ1) is 33.0. The van der Waals surface area contributed by atoms with Crippen LogP contribution in [0.15, 0.2) is 91.3 Å². The van der Waals surface area contributed by atoms with Crippen LogP contribution in [0.2, 0.25) is 5.02 Å². The van der Waals surface area contributed by atoms with Crippen LogP contribution < -0.4 is 9.64 Å². The summed E-state index contributed by atoms with van der Waals surface area (Å²) in [7, 11) is 0. The summed E-state index contributed by atoms with van der Waals surface area (Å²) in [4.78, 5) is 27.4. The van der Waals surface area contributed by atoms with Crippen molar-refractivity contribution in [3.8, 4) is 11.5 Å². The van der Waals surface area contributed by atoms with E-state index in [1.807, 2.05) is 42.6 Å². The molecule has 1 unspecified atom stereocenters. The molecule has 2 aromatic heterocycles. The van der Waals surface area contributed by atoms with Crippen LogP contribution in [0.4, 0.5) is 5.69 Å². The number of pyridine rings is 1. The third-order valence-electron chi connectivity index (χ3n) is 11.5. The molecule has 3 fully saturated rings. The molecular formula is C42H46ClN5O2. The predicted octanol–water partition coefficient (Wildman–Crippen LogP) is 9.25. The number of aldehydes is 1. The third-order valence-corrected chi connectivity index (χ3v) is 11.8. The number of carbonyl (C=O) groups is 1. The van der Waals surface area contributed by atoms with Crippen molar-refractivity contribution >= 4 is 34.6 Å². The van der Waals surface area contributed by atoms with Gasteiger partial charge < -0.3 is 14.6 Å². The summed E-state index contributed by atoms with van der Waals surface area (Å²) < 4.78 is 6.23. The molecule has 4 heterocycles. The van der Waals surface area contributed by atoms with E-state index in [0.29, 0.717) is 40.5 Å². The van der Waals surface area contributed by atoms with Crippen LogP contribution >= 0.6 is 11.6 Å². The summed E-state index contributed by atoms with van der Waals surface area (Å²) in [6.45, 7) is 10.8. The van der Waals surface area contributed by atoms with Crippen LogP contribution in [-0.4, -0.2) is 64.8 Å². The molecule has 258 valence electrons. The molecule has 3 aromatic carbocycles. The Balaban J connectivity index is 0.941. The van der Waals surface area contributed by atoms with E-state index >= 15 is 0 Å². The van der Waals surface area contributed by atoms with Crippen molar-refractivity contribution in [3.63, 3.8) is 0 Å². The third kappa shape index (κ3) is 6.67. The number of carbonyl (C=O) groups excluding carboxylic acids is 1. The number of hydrogen-bond acceptors (Lipinski definition) is 6. The molecule has 1 atom stereocenters. The minimum Gasteiger partial charge on any atom is -0.455 e. The number of hydrogen-bond donors (Lipinski definition) is 1. The molecule has 2 saturated heterocycles. The van der Waals surface area contributed by atoms with E-state index in [9.17, 15) is 4.79 Å². The van der Waals surface area contributed by atoms with Crippen LogP contribution in [0.5, 0.6) is 11.5 Å². The highest BCUT2D eigenvalue weighted by molar-refractivity contribution is 6.30. The molecule has 50 heavy (non-hydrogen) atoms. The fourth-order valence-corrected chi connectivity index (χ4v) is 8.86. The number of rotatable bonds is 9. The SMILES string of the molecule is CC(C)c1ccccc1C1CN(Cc2ccc(Cl)cc2)CCN1C1CC2(CCN(c3ccc(C=O)c(Oc4cnc5[nH]ccc5c4)c3)CC2)C1. The lowest BCUT2D eigenvalue weighted by Gasteiger charge is -2.58. The summed E-state index contributed by atoms with van der Waals surface area (Å²) >= 11 is 6.20. The van der Waals surface area contributed by atoms with Gasteiger partial charge in [0.25, 0.3) is 0 Å². The quantitative estimate of drug-likeness (QED) is 0.156. The van der Waals surface area contributed by atoms with Gasteiger partial charge in [0.1, 0.15) is 17.1 Å². The smallest absolute Gasteiger partial charge is 0.153 e. The molecular weight excluding hydrogens is 642 g/mol. The fraction of sp³-hybridized carbons (Fsp3) is 0.381. The van der Waals surface area contributed by atoms with Crippen LogP contribution in [-0.2, 0) is 6.54 Å². The van der Waals surface area contributed by atoms with Gasteiger partial charge in [-0.2, -0.15) is 0 Å². The van der Waals surface area contributed by atoms with Gasteiger partial charge in [-0.25, -0.2) is 4.98 Å². The molecule has 1 aliphatic carbocycles. The Bertz CT molecular complexity index is 1960. The summed E-state index contributed by atoms with van der Waals surface area (Å²) in [6, 6.07) is 28.4. The zero-order chi connectivity index (χ0) is 34.2. The number of H-pyrrole nitrogens is 1. The first-order valence-electron chi connectivity index (χ1n) is 18.1. The van der Waals surface area contributed by atoms with Gasteiger partial charge in [-0.3, -0.25) is 14.6 Å². The molecule has 3 aliphatic rings. The van der Waals surface area contributed by atoms with Crippen LogP contribution in [0.1, 0.15) is 78.5 Å². The average molecular weight is 688 g/mol. The number of piperazine rings is 1. The first-order valence-corrected chi connectivity index (χ1v) is 18.5. The second-order valence-corrected chi connectivity index (χ2v) is 15.4. The van der Waals surface area contributed by atoms with E-state index in [1.54, 1.807) is 6.20 Å². The van der Waals surface area contributed by atoms with Gasteiger partial charge in [-0.05, 0) is 90.1 Å². The Morgan fingerprint density at radius 2 is 1.78 bits per heavy atom. The van der Waals surface area contributed by atoms with Gasteiger partial charge in [-0.15, -0.1) is 0 Å². The van der Waals surface area contributed by atoms with Crippen LogP contribution in [0.25, 0.3) is 11.0 Å². The average Bonchev–Trinajstić information content (AvgIpc) is 3.60. The molecule has 0 bridgehead atoms. The molecule has 5 aromatic rings. The number of ether oxygens (including phenoxy) is 1. The highest BCUT2D eigenvalue weighted by Crippen LogP contribution is 2.53. The largest absolute Gasteiger partial charge is 0.455 e. The highest BCUT2D eigenvalue weighted by Gasteiger charge is 2.50. The predicted molar refractivity (Wildman–Crippen MR) is 202 cm³/mol. The molecule has 0 amide bonds. The van der Waals surface area contributed by atoms with Crippen molar-refractivity contribution < 1.29 is 9.53 Å². The summed E-state index contributed by atoms with van der Waals surface area (Å²) in [5.74, 6) is 1.68. The number of anilines is 1. The Morgan fingerprint density at radius 1 is 0.980 bits per heavy atom. The number of fused-ring (bicyclic) bond motifs is 1. The van der Waals surface area contributed by atoms with Crippen LogP contribution in [0.3, 0.4) is 0 Å². The minimum absolute atomic E-state index is 0.389. The maximum absolute atomic E-state index is 11.9. The summed E-state index contributed by atoms with van der Waals surface area (Å²) in [5, 5.41) is 1.77. The van der Waals surface area contributed by atoms with Gasteiger partial charge >= 0.3 is 0 Å². The maximum atomic E-state index is 11.9. The molecule has 1 spiro atoms. The van der Waals surface area contributed by atoms with E-state index in [0.717, 1.165) is 67.3 Å². The molecule has 0 radical (unpaired) electrons. The van der Waals surface area contributed by atoms with E-state index in [4.69, 9.17) is 16.3 Å². The Labute approximate surface area is 300 Å². The molecule has 2 aliphatic heterocycles. The monoisotopic (exact) mass is 687 g/mol. The number of nitrogens with one attached hydrogen (secondary N) is 1. The fourth-order valence-electron chi connectivity index (χ4n) is 8.73. The molecule has 1 N–H and O–H groups in total. The van der Waals surface area contributed by atoms with E-state index in [2.05, 4.69) is 81.0 Å². The second-order valence-electron chi connectivity index (χ2n) is 15.0. The number of halogens is 1. The van der Waals surface area contributed by atoms with E-state index < -0.39 is 0 Å². The van der Waals surface area contributed by atoms with E-state index in [-0.39, 0.29) is 0 Å². The van der Waals surface area contributed by atoms with Crippen molar-refractivity contribution in [2.75, 3.05) is 37.6 Å². The van der Waals surface area contributed by atoms with Gasteiger partial charge in [0.15, 0.2) is 6.29 Å². The Hall–Kier alpha value is -4.17. The molecule has 1 saturated carbocycles. The first-order chi connectivity index (χ1) is 24.4. The summed E-state index contributed by atoms with van der Waals surface area (Å²) in [6.07, 6.45) is 9.34. The lowest BCUT2D eigenvalue weighted by Crippen LogP contribution is -2.60. The second kappa shape index (κ2) is 13.9. The van der Waals surface area contributed by atoms with Crippen molar-refractivity contribution in [3.05, 3.63) is 119 Å². The number of nitrogens with zero attached hydrogens (tertiary/aromatic N) is 4. The molecule has 8 rings (SSSR count). The minimum atomic E-state index is 0.389. The van der Waals surface area contributed by atoms with Gasteiger partial charge in [-0.1, -0.05) is 61.8 Å². The van der Waals surface area contributed by atoms with Gasteiger partial charge in [0.05, 0.1) is 11.8 Å². The van der Waals surface area contributed by atoms with E-state index in [1.165, 1.54) is 42.4 Å².